The molecule has 0 aromatic heterocycles. The number of benzene rings is 1. The fourth-order valence-corrected chi connectivity index (χ4v) is 4.55. The molecule has 4 nitrogen and oxygen atoms in total. The van der Waals surface area contributed by atoms with Gasteiger partial charge in [0, 0.05) is 18.3 Å². The van der Waals surface area contributed by atoms with E-state index in [0.717, 1.165) is 25.9 Å². The largest absolute Gasteiger partial charge is 0.362 e. The molecule has 0 N–H and O–H groups in total. The van der Waals surface area contributed by atoms with Gasteiger partial charge in [-0.3, -0.25) is 9.69 Å². The molecule has 0 bridgehead atoms. The van der Waals surface area contributed by atoms with Gasteiger partial charge in [0.1, 0.15) is 12.4 Å². The van der Waals surface area contributed by atoms with Gasteiger partial charge in [0.2, 0.25) is 0 Å². The summed E-state index contributed by atoms with van der Waals surface area (Å²) in [6.45, 7) is 2.63. The molecule has 3 aliphatic rings. The zero-order chi connectivity index (χ0) is 16.6. The molecule has 5 heteroatoms. The van der Waals surface area contributed by atoms with Gasteiger partial charge in [-0.05, 0) is 50.4 Å². The maximum Gasteiger partial charge on any atom is 0.253 e. The zero-order valence-corrected chi connectivity index (χ0v) is 14.0. The van der Waals surface area contributed by atoms with Crippen LogP contribution in [0.5, 0.6) is 0 Å². The van der Waals surface area contributed by atoms with E-state index in [1.807, 2.05) is 0 Å². The number of carbonyl (C=O) groups excluding carboxylic acids is 1. The summed E-state index contributed by atoms with van der Waals surface area (Å²) in [7, 11) is 0. The van der Waals surface area contributed by atoms with Crippen molar-refractivity contribution in [3.8, 4) is 0 Å². The van der Waals surface area contributed by atoms with Crippen molar-refractivity contribution < 1.29 is 13.9 Å². The van der Waals surface area contributed by atoms with Crippen molar-refractivity contribution in [2.24, 2.45) is 0 Å². The summed E-state index contributed by atoms with van der Waals surface area (Å²) < 4.78 is 19.6. The van der Waals surface area contributed by atoms with Crippen LogP contribution in [0.15, 0.2) is 24.3 Å². The SMILES string of the molecule is O=C1COC2(CCCN(C3CCCC3)C2)CN1c1cccc(F)c1. The lowest BCUT2D eigenvalue weighted by Crippen LogP contribution is -2.62. The van der Waals surface area contributed by atoms with Crippen LogP contribution in [0, 0.1) is 5.82 Å². The van der Waals surface area contributed by atoms with Crippen LogP contribution in [0.2, 0.25) is 0 Å². The Balaban J connectivity index is 1.53. The molecule has 1 aromatic rings. The highest BCUT2D eigenvalue weighted by Gasteiger charge is 2.44. The van der Waals surface area contributed by atoms with Gasteiger partial charge in [-0.15, -0.1) is 0 Å². The molecule has 0 radical (unpaired) electrons. The third-order valence-electron chi connectivity index (χ3n) is 5.78. The molecule has 1 unspecified atom stereocenters. The van der Waals surface area contributed by atoms with Gasteiger partial charge in [-0.25, -0.2) is 4.39 Å². The number of morpholine rings is 1. The first-order valence-corrected chi connectivity index (χ1v) is 9.09. The van der Waals surface area contributed by atoms with Gasteiger partial charge >= 0.3 is 0 Å². The van der Waals surface area contributed by atoms with Crippen molar-refractivity contribution in [1.82, 2.24) is 4.90 Å². The first-order valence-electron chi connectivity index (χ1n) is 9.09. The zero-order valence-electron chi connectivity index (χ0n) is 14.0. The van der Waals surface area contributed by atoms with Crippen molar-refractivity contribution in [3.05, 3.63) is 30.1 Å². The minimum atomic E-state index is -0.308. The number of nitrogens with zero attached hydrogens (tertiary/aromatic N) is 2. The van der Waals surface area contributed by atoms with Crippen molar-refractivity contribution in [2.45, 2.75) is 50.2 Å². The van der Waals surface area contributed by atoms with E-state index < -0.39 is 0 Å². The van der Waals surface area contributed by atoms with Crippen molar-refractivity contribution >= 4 is 11.6 Å². The van der Waals surface area contributed by atoms with Crippen LogP contribution in [0.1, 0.15) is 38.5 Å². The molecular weight excluding hydrogens is 307 g/mol. The molecule has 1 atom stereocenters. The third kappa shape index (κ3) is 3.07. The Hall–Kier alpha value is -1.46. The van der Waals surface area contributed by atoms with E-state index in [9.17, 15) is 9.18 Å². The van der Waals surface area contributed by atoms with Gasteiger partial charge in [0.25, 0.3) is 5.91 Å². The Kier molecular flexibility index (Phi) is 4.31. The van der Waals surface area contributed by atoms with Gasteiger partial charge in [-0.1, -0.05) is 18.9 Å². The molecular formula is C19H25FN2O2. The highest BCUT2D eigenvalue weighted by atomic mass is 19.1. The summed E-state index contributed by atoms with van der Waals surface area (Å²) in [5, 5.41) is 0. The number of likely N-dealkylation sites (tertiary alicyclic amines) is 1. The highest BCUT2D eigenvalue weighted by molar-refractivity contribution is 5.95. The number of ether oxygens (including phenoxy) is 1. The Morgan fingerprint density at radius 1 is 1.17 bits per heavy atom. The van der Waals surface area contributed by atoms with Crippen molar-refractivity contribution in [2.75, 3.05) is 31.1 Å². The van der Waals surface area contributed by atoms with Crippen LogP contribution < -0.4 is 4.90 Å². The first kappa shape index (κ1) is 16.0. The Labute approximate surface area is 142 Å². The average Bonchev–Trinajstić information content (AvgIpc) is 3.12. The Morgan fingerprint density at radius 3 is 2.79 bits per heavy atom. The first-order chi connectivity index (χ1) is 11.7. The summed E-state index contributed by atoms with van der Waals surface area (Å²) in [5.41, 5.74) is 0.335. The number of piperidine rings is 1. The minimum absolute atomic E-state index is 0.0794. The number of amides is 1. The van der Waals surface area contributed by atoms with Gasteiger partial charge < -0.3 is 9.64 Å². The van der Waals surface area contributed by atoms with Crippen LogP contribution >= 0.6 is 0 Å². The molecule has 130 valence electrons. The molecule has 24 heavy (non-hydrogen) atoms. The summed E-state index contributed by atoms with van der Waals surface area (Å²) in [6, 6.07) is 6.98. The summed E-state index contributed by atoms with van der Waals surface area (Å²) >= 11 is 0. The van der Waals surface area contributed by atoms with E-state index in [1.165, 1.54) is 37.8 Å². The predicted octanol–water partition coefficient (Wildman–Crippen LogP) is 2.97. The molecule has 1 aliphatic carbocycles. The van der Waals surface area contributed by atoms with E-state index in [2.05, 4.69) is 4.90 Å². The summed E-state index contributed by atoms with van der Waals surface area (Å²) in [4.78, 5) is 16.6. The minimum Gasteiger partial charge on any atom is -0.362 e. The molecule has 1 amide bonds. The molecule has 4 rings (SSSR count). The number of hydrogen-bond donors (Lipinski definition) is 0. The second kappa shape index (κ2) is 6.45. The number of anilines is 1. The lowest BCUT2D eigenvalue weighted by Gasteiger charge is -2.49. The lowest BCUT2D eigenvalue weighted by molar-refractivity contribution is -0.147. The van der Waals surface area contributed by atoms with Crippen LogP contribution in [-0.4, -0.2) is 48.7 Å². The third-order valence-corrected chi connectivity index (χ3v) is 5.78. The number of halogens is 1. The molecule has 1 saturated carbocycles. The summed E-state index contributed by atoms with van der Waals surface area (Å²) in [5.74, 6) is -0.388. The standard InChI is InChI=1S/C19H25FN2O2/c20-15-5-3-8-17(11-15)22-14-19(24-12-18(22)23)9-4-10-21(13-19)16-6-1-2-7-16/h3,5,8,11,16H,1-2,4,6-7,9-10,12-14H2. The maximum atomic E-state index is 13.6. The fourth-order valence-electron chi connectivity index (χ4n) is 4.55. The van der Waals surface area contributed by atoms with E-state index in [4.69, 9.17) is 4.74 Å². The van der Waals surface area contributed by atoms with Gasteiger partial charge in [0.15, 0.2) is 0 Å². The van der Waals surface area contributed by atoms with Crippen LogP contribution in [0.25, 0.3) is 0 Å². The number of carbonyl (C=O) groups is 1. The number of hydrogen-bond acceptors (Lipinski definition) is 3. The lowest BCUT2D eigenvalue weighted by atomic mass is 9.89. The molecule has 1 spiro atoms. The maximum absolute atomic E-state index is 13.6. The Morgan fingerprint density at radius 2 is 2.00 bits per heavy atom. The molecule has 2 heterocycles. The smallest absolute Gasteiger partial charge is 0.253 e. The topological polar surface area (TPSA) is 32.8 Å². The van der Waals surface area contributed by atoms with Crippen LogP contribution in [-0.2, 0) is 9.53 Å². The van der Waals surface area contributed by atoms with Crippen molar-refractivity contribution in [1.29, 1.82) is 0 Å². The highest BCUT2D eigenvalue weighted by Crippen LogP contribution is 2.35. The van der Waals surface area contributed by atoms with E-state index >= 15 is 0 Å². The molecule has 3 fully saturated rings. The number of rotatable bonds is 2. The quantitative estimate of drug-likeness (QED) is 0.835. The average molecular weight is 332 g/mol. The van der Waals surface area contributed by atoms with E-state index in [1.54, 1.807) is 17.0 Å². The predicted molar refractivity (Wildman–Crippen MR) is 90.5 cm³/mol. The van der Waals surface area contributed by atoms with E-state index in [0.29, 0.717) is 18.3 Å². The van der Waals surface area contributed by atoms with Crippen LogP contribution in [0.4, 0.5) is 10.1 Å². The fraction of sp³-hybridized carbons (Fsp3) is 0.632. The van der Waals surface area contributed by atoms with E-state index in [-0.39, 0.29) is 23.9 Å². The van der Waals surface area contributed by atoms with Crippen molar-refractivity contribution in [3.63, 3.8) is 0 Å². The van der Waals surface area contributed by atoms with Gasteiger partial charge in [-0.2, -0.15) is 0 Å². The summed E-state index contributed by atoms with van der Waals surface area (Å²) in [6.07, 6.45) is 7.27. The normalized spacial score (nSPS) is 29.5. The van der Waals surface area contributed by atoms with Crippen LogP contribution in [0.3, 0.4) is 0 Å². The molecule has 2 aliphatic heterocycles. The molecule has 1 aromatic carbocycles. The second-order valence-corrected chi connectivity index (χ2v) is 7.44. The Bertz CT molecular complexity index is 617. The monoisotopic (exact) mass is 332 g/mol. The second-order valence-electron chi connectivity index (χ2n) is 7.44. The van der Waals surface area contributed by atoms with Gasteiger partial charge in [0.05, 0.1) is 12.1 Å². The molecule has 2 saturated heterocycles.